The van der Waals surface area contributed by atoms with Crippen LogP contribution in [0.2, 0.25) is 0 Å². The van der Waals surface area contributed by atoms with Gasteiger partial charge < -0.3 is 10.2 Å². The first kappa shape index (κ1) is 20.7. The number of anilines is 1. The Hall–Kier alpha value is -2.54. The van der Waals surface area contributed by atoms with Crippen LogP contribution in [-0.4, -0.2) is 43.0 Å². The molecule has 2 heterocycles. The molecule has 2 atom stereocenters. The number of hydrogen-bond donors (Lipinski definition) is 1. The molecule has 4 rings (SSSR count). The van der Waals surface area contributed by atoms with Gasteiger partial charge in [-0.1, -0.05) is 30.3 Å². The molecule has 160 valence electrons. The zero-order valence-corrected chi connectivity index (χ0v) is 17.0. The summed E-state index contributed by atoms with van der Waals surface area (Å²) in [5.74, 6) is -0.461. The van der Waals surface area contributed by atoms with Gasteiger partial charge in [0.2, 0.25) is 5.91 Å². The molecule has 0 unspecified atom stereocenters. The molecule has 1 amide bonds. The maximum Gasteiger partial charge on any atom is 0.416 e. The van der Waals surface area contributed by atoms with Crippen LogP contribution in [0.1, 0.15) is 23.6 Å². The summed E-state index contributed by atoms with van der Waals surface area (Å²) in [4.78, 5) is 17.3. The highest BCUT2D eigenvalue weighted by Gasteiger charge is 2.42. The van der Waals surface area contributed by atoms with Gasteiger partial charge in [0, 0.05) is 38.4 Å². The van der Waals surface area contributed by atoms with Crippen LogP contribution in [0.5, 0.6) is 0 Å². The van der Waals surface area contributed by atoms with Crippen molar-refractivity contribution in [1.29, 1.82) is 0 Å². The predicted octanol–water partition coefficient (Wildman–Crippen LogP) is 3.70. The number of amides is 1. The third kappa shape index (κ3) is 4.17. The highest BCUT2D eigenvalue weighted by Crippen LogP contribution is 2.39. The van der Waals surface area contributed by atoms with E-state index in [9.17, 15) is 18.0 Å². The van der Waals surface area contributed by atoms with Gasteiger partial charge in [-0.2, -0.15) is 13.2 Å². The second-order valence-corrected chi connectivity index (χ2v) is 8.03. The second kappa shape index (κ2) is 8.30. The standard InChI is InChI=1S/C23H26F3N3O/c1-2-27-22(30)19-13-17-12-18(23(24,25)26)8-9-20(17)29-11-10-28(15-21(19)29)14-16-6-4-3-5-7-16/h3-9,12,19,21H,2,10-11,13-15H2,1H3,(H,27,30)/t19-,21-/m1/s1. The zero-order chi connectivity index (χ0) is 21.3. The molecule has 1 N–H and O–H groups in total. The van der Waals surface area contributed by atoms with Gasteiger partial charge in [-0.15, -0.1) is 0 Å². The first-order valence-corrected chi connectivity index (χ1v) is 10.4. The molecule has 0 aliphatic carbocycles. The van der Waals surface area contributed by atoms with Gasteiger partial charge in [0.15, 0.2) is 0 Å². The lowest BCUT2D eigenvalue weighted by atomic mass is 9.82. The van der Waals surface area contributed by atoms with Crippen LogP contribution >= 0.6 is 0 Å². The van der Waals surface area contributed by atoms with E-state index in [2.05, 4.69) is 27.2 Å². The number of piperazine rings is 1. The first-order chi connectivity index (χ1) is 14.4. The molecule has 7 heteroatoms. The molecule has 2 aromatic rings. The molecule has 2 aliphatic rings. The number of carbonyl (C=O) groups excluding carboxylic acids is 1. The molecule has 0 saturated carbocycles. The Morgan fingerprint density at radius 1 is 1.13 bits per heavy atom. The number of carbonyl (C=O) groups is 1. The van der Waals surface area contributed by atoms with Gasteiger partial charge in [0.1, 0.15) is 0 Å². The number of nitrogens with zero attached hydrogens (tertiary/aromatic N) is 2. The van der Waals surface area contributed by atoms with Crippen LogP contribution < -0.4 is 10.2 Å². The summed E-state index contributed by atoms with van der Waals surface area (Å²) in [7, 11) is 0. The number of halogens is 3. The molecule has 0 aromatic heterocycles. The van der Waals surface area contributed by atoms with Gasteiger partial charge in [0.25, 0.3) is 0 Å². The minimum absolute atomic E-state index is 0.0572. The molecule has 0 radical (unpaired) electrons. The van der Waals surface area contributed by atoms with Crippen molar-refractivity contribution in [2.24, 2.45) is 5.92 Å². The first-order valence-electron chi connectivity index (χ1n) is 10.4. The number of nitrogens with one attached hydrogen (secondary N) is 1. The fourth-order valence-electron chi connectivity index (χ4n) is 4.65. The van der Waals surface area contributed by atoms with Crippen LogP contribution in [0.3, 0.4) is 0 Å². The zero-order valence-electron chi connectivity index (χ0n) is 17.0. The summed E-state index contributed by atoms with van der Waals surface area (Å²) in [5, 5.41) is 2.88. The monoisotopic (exact) mass is 417 g/mol. The second-order valence-electron chi connectivity index (χ2n) is 8.03. The van der Waals surface area contributed by atoms with E-state index >= 15 is 0 Å². The Balaban J connectivity index is 1.62. The summed E-state index contributed by atoms with van der Waals surface area (Å²) >= 11 is 0. The van der Waals surface area contributed by atoms with Crippen LogP contribution in [0, 0.1) is 5.92 Å². The average molecular weight is 417 g/mol. The van der Waals surface area contributed by atoms with Gasteiger partial charge >= 0.3 is 6.18 Å². The third-order valence-corrected chi connectivity index (χ3v) is 6.06. The molecular weight excluding hydrogens is 391 g/mol. The smallest absolute Gasteiger partial charge is 0.365 e. The SMILES string of the molecule is CCNC(=O)[C@@H]1Cc2cc(C(F)(F)F)ccc2N2CCN(Cc3ccccc3)C[C@H]12. The number of rotatable bonds is 4. The van der Waals surface area contributed by atoms with Crippen molar-refractivity contribution in [3.8, 4) is 0 Å². The van der Waals surface area contributed by atoms with E-state index in [1.807, 2.05) is 25.1 Å². The highest BCUT2D eigenvalue weighted by atomic mass is 19.4. The summed E-state index contributed by atoms with van der Waals surface area (Å²) < 4.78 is 39.7. The molecule has 1 saturated heterocycles. The van der Waals surface area contributed by atoms with E-state index in [4.69, 9.17) is 0 Å². The molecule has 2 aliphatic heterocycles. The lowest BCUT2D eigenvalue weighted by molar-refractivity contribution is -0.137. The van der Waals surface area contributed by atoms with E-state index in [1.165, 1.54) is 11.6 Å². The number of fused-ring (bicyclic) bond motifs is 3. The fourth-order valence-corrected chi connectivity index (χ4v) is 4.65. The Morgan fingerprint density at radius 2 is 1.90 bits per heavy atom. The van der Waals surface area contributed by atoms with E-state index in [0.717, 1.165) is 24.8 Å². The number of hydrogen-bond acceptors (Lipinski definition) is 3. The van der Waals surface area contributed by atoms with Crippen molar-refractivity contribution in [3.05, 3.63) is 65.2 Å². The average Bonchev–Trinajstić information content (AvgIpc) is 2.73. The topological polar surface area (TPSA) is 35.6 Å². The minimum Gasteiger partial charge on any atom is -0.365 e. The Kier molecular flexibility index (Phi) is 5.73. The lowest BCUT2D eigenvalue weighted by Gasteiger charge is -2.49. The summed E-state index contributed by atoms with van der Waals surface area (Å²) in [6.07, 6.45) is -4.06. The summed E-state index contributed by atoms with van der Waals surface area (Å²) in [6.45, 7) is 5.35. The van der Waals surface area contributed by atoms with E-state index in [1.54, 1.807) is 6.07 Å². The van der Waals surface area contributed by atoms with Crippen LogP contribution in [0.25, 0.3) is 0 Å². The third-order valence-electron chi connectivity index (χ3n) is 6.06. The Morgan fingerprint density at radius 3 is 2.60 bits per heavy atom. The van der Waals surface area contributed by atoms with E-state index in [0.29, 0.717) is 31.6 Å². The molecule has 4 nitrogen and oxygen atoms in total. The quantitative estimate of drug-likeness (QED) is 0.824. The maximum atomic E-state index is 13.2. The molecule has 0 bridgehead atoms. The summed E-state index contributed by atoms with van der Waals surface area (Å²) in [5.41, 5.74) is 1.99. The van der Waals surface area contributed by atoms with Crippen LogP contribution in [0.4, 0.5) is 18.9 Å². The minimum atomic E-state index is -4.39. The van der Waals surface area contributed by atoms with Crippen molar-refractivity contribution in [3.63, 3.8) is 0 Å². The highest BCUT2D eigenvalue weighted by molar-refractivity contribution is 5.82. The predicted molar refractivity (Wildman–Crippen MR) is 110 cm³/mol. The van der Waals surface area contributed by atoms with Crippen molar-refractivity contribution in [2.45, 2.75) is 32.1 Å². The van der Waals surface area contributed by atoms with Crippen molar-refractivity contribution < 1.29 is 18.0 Å². The molecule has 2 aromatic carbocycles. The van der Waals surface area contributed by atoms with Crippen LogP contribution in [-0.2, 0) is 23.9 Å². The molecule has 30 heavy (non-hydrogen) atoms. The number of benzene rings is 2. The van der Waals surface area contributed by atoms with E-state index < -0.39 is 11.7 Å². The lowest BCUT2D eigenvalue weighted by Crippen LogP contribution is -2.60. The van der Waals surface area contributed by atoms with Gasteiger partial charge in [0.05, 0.1) is 17.5 Å². The normalized spacial score (nSPS) is 21.7. The summed E-state index contributed by atoms with van der Waals surface area (Å²) in [6, 6.07) is 14.1. The fraction of sp³-hybridized carbons (Fsp3) is 0.435. The van der Waals surface area contributed by atoms with E-state index in [-0.39, 0.29) is 17.9 Å². The molecule has 0 spiro atoms. The Labute approximate surface area is 174 Å². The van der Waals surface area contributed by atoms with Crippen molar-refractivity contribution >= 4 is 11.6 Å². The van der Waals surface area contributed by atoms with Crippen molar-refractivity contribution in [1.82, 2.24) is 10.2 Å². The van der Waals surface area contributed by atoms with Gasteiger partial charge in [-0.25, -0.2) is 0 Å². The van der Waals surface area contributed by atoms with Crippen LogP contribution in [0.15, 0.2) is 48.5 Å². The molecule has 1 fully saturated rings. The maximum absolute atomic E-state index is 13.2. The Bertz CT molecular complexity index is 900. The molecular formula is C23H26F3N3O. The van der Waals surface area contributed by atoms with Crippen molar-refractivity contribution in [2.75, 3.05) is 31.1 Å². The van der Waals surface area contributed by atoms with Gasteiger partial charge in [-0.3, -0.25) is 9.69 Å². The number of alkyl halides is 3. The largest absolute Gasteiger partial charge is 0.416 e. The van der Waals surface area contributed by atoms with Gasteiger partial charge in [-0.05, 0) is 42.7 Å².